The summed E-state index contributed by atoms with van der Waals surface area (Å²) in [6.45, 7) is 0.245. The number of halogens is 1. The standard InChI is InChI=1S/C13H18FNO3S/c14-11-1-3-12(4-2-11)19-10-5-13(18)15(6-8-16)7-9-17/h1-4,16-17H,5-10H2. The minimum atomic E-state index is -0.280. The normalized spacial score (nSPS) is 10.5. The van der Waals surface area contributed by atoms with Crippen LogP contribution in [0.2, 0.25) is 0 Å². The number of carbonyl (C=O) groups excluding carboxylic acids is 1. The van der Waals surface area contributed by atoms with E-state index in [0.29, 0.717) is 12.2 Å². The van der Waals surface area contributed by atoms with Gasteiger partial charge in [-0.05, 0) is 24.3 Å². The number of amides is 1. The van der Waals surface area contributed by atoms with Gasteiger partial charge in [-0.3, -0.25) is 4.79 Å². The van der Waals surface area contributed by atoms with Crippen LogP contribution in [0.5, 0.6) is 0 Å². The first kappa shape index (κ1) is 15.9. The highest BCUT2D eigenvalue weighted by Crippen LogP contribution is 2.19. The molecular formula is C13H18FNO3S. The van der Waals surface area contributed by atoms with Crippen LogP contribution < -0.4 is 0 Å². The molecule has 2 N–H and O–H groups in total. The van der Waals surface area contributed by atoms with E-state index < -0.39 is 0 Å². The lowest BCUT2D eigenvalue weighted by molar-refractivity contribution is -0.131. The predicted octanol–water partition coefficient (Wildman–Crippen LogP) is 1.12. The lowest BCUT2D eigenvalue weighted by atomic mass is 10.3. The van der Waals surface area contributed by atoms with E-state index in [1.54, 1.807) is 12.1 Å². The van der Waals surface area contributed by atoms with E-state index in [0.717, 1.165) is 4.90 Å². The van der Waals surface area contributed by atoms with Crippen LogP contribution in [0.15, 0.2) is 29.2 Å². The highest BCUT2D eigenvalue weighted by molar-refractivity contribution is 7.99. The Hall–Kier alpha value is -1.11. The van der Waals surface area contributed by atoms with Gasteiger partial charge in [0.05, 0.1) is 13.2 Å². The fraction of sp³-hybridized carbons (Fsp3) is 0.462. The average molecular weight is 287 g/mol. The van der Waals surface area contributed by atoms with Gasteiger partial charge in [-0.15, -0.1) is 11.8 Å². The van der Waals surface area contributed by atoms with Gasteiger partial charge in [-0.2, -0.15) is 0 Å². The Morgan fingerprint density at radius 3 is 2.26 bits per heavy atom. The monoisotopic (exact) mass is 287 g/mol. The van der Waals surface area contributed by atoms with Crippen molar-refractivity contribution < 1.29 is 19.4 Å². The Morgan fingerprint density at radius 1 is 1.16 bits per heavy atom. The summed E-state index contributed by atoms with van der Waals surface area (Å²) in [5.41, 5.74) is 0. The summed E-state index contributed by atoms with van der Waals surface area (Å²) in [7, 11) is 0. The third kappa shape index (κ3) is 6.04. The largest absolute Gasteiger partial charge is 0.395 e. The molecule has 0 unspecified atom stereocenters. The molecule has 0 atom stereocenters. The number of hydrogen-bond acceptors (Lipinski definition) is 4. The molecule has 0 saturated heterocycles. The van der Waals surface area contributed by atoms with Gasteiger partial charge in [0, 0.05) is 30.2 Å². The third-order valence-corrected chi connectivity index (χ3v) is 3.50. The fourth-order valence-electron chi connectivity index (χ4n) is 1.55. The van der Waals surface area contributed by atoms with E-state index in [1.807, 2.05) is 0 Å². The molecule has 4 nitrogen and oxygen atoms in total. The van der Waals surface area contributed by atoms with Crippen LogP contribution in [0.4, 0.5) is 4.39 Å². The second-order valence-electron chi connectivity index (χ2n) is 3.88. The maximum absolute atomic E-state index is 12.7. The summed E-state index contributed by atoms with van der Waals surface area (Å²) in [6, 6.07) is 6.11. The van der Waals surface area contributed by atoms with E-state index in [4.69, 9.17) is 10.2 Å². The van der Waals surface area contributed by atoms with Gasteiger partial charge in [0.2, 0.25) is 5.91 Å². The molecule has 1 amide bonds. The number of aliphatic hydroxyl groups is 2. The van der Waals surface area contributed by atoms with Crippen molar-refractivity contribution in [1.82, 2.24) is 4.90 Å². The van der Waals surface area contributed by atoms with Crippen molar-refractivity contribution in [1.29, 1.82) is 0 Å². The molecule has 1 aromatic carbocycles. The van der Waals surface area contributed by atoms with Gasteiger partial charge >= 0.3 is 0 Å². The van der Waals surface area contributed by atoms with Crippen LogP contribution >= 0.6 is 11.8 Å². The van der Waals surface area contributed by atoms with Gasteiger partial charge in [0.1, 0.15) is 5.82 Å². The maximum Gasteiger partial charge on any atom is 0.223 e. The number of carbonyl (C=O) groups is 1. The lowest BCUT2D eigenvalue weighted by Gasteiger charge is -2.20. The zero-order valence-electron chi connectivity index (χ0n) is 10.6. The molecule has 0 spiro atoms. The molecule has 0 saturated carbocycles. The van der Waals surface area contributed by atoms with Gasteiger partial charge in [-0.25, -0.2) is 4.39 Å². The second-order valence-corrected chi connectivity index (χ2v) is 5.05. The first-order valence-corrected chi connectivity index (χ1v) is 7.03. The van der Waals surface area contributed by atoms with E-state index in [9.17, 15) is 9.18 Å². The number of aliphatic hydroxyl groups excluding tert-OH is 2. The highest BCUT2D eigenvalue weighted by atomic mass is 32.2. The predicted molar refractivity (Wildman–Crippen MR) is 72.5 cm³/mol. The second kappa shape index (κ2) is 8.90. The molecule has 0 aromatic heterocycles. The first-order chi connectivity index (χ1) is 9.17. The van der Waals surface area contributed by atoms with Crippen LogP contribution in [-0.2, 0) is 4.79 Å². The van der Waals surface area contributed by atoms with E-state index >= 15 is 0 Å². The average Bonchev–Trinajstić information content (AvgIpc) is 2.40. The van der Waals surface area contributed by atoms with Crippen LogP contribution in [0.25, 0.3) is 0 Å². The number of nitrogens with zero attached hydrogens (tertiary/aromatic N) is 1. The van der Waals surface area contributed by atoms with Crippen molar-refractivity contribution in [3.05, 3.63) is 30.1 Å². The Labute approximate surface area is 116 Å². The number of benzene rings is 1. The zero-order chi connectivity index (χ0) is 14.1. The molecule has 0 aliphatic carbocycles. The van der Waals surface area contributed by atoms with Crippen molar-refractivity contribution in [2.24, 2.45) is 0 Å². The zero-order valence-corrected chi connectivity index (χ0v) is 11.4. The third-order valence-electron chi connectivity index (χ3n) is 2.49. The lowest BCUT2D eigenvalue weighted by Crippen LogP contribution is -2.36. The SMILES string of the molecule is O=C(CCSc1ccc(F)cc1)N(CCO)CCO. The first-order valence-electron chi connectivity index (χ1n) is 6.05. The van der Waals surface area contributed by atoms with Gasteiger partial charge in [0.25, 0.3) is 0 Å². The minimum absolute atomic E-state index is 0.0993. The molecule has 106 valence electrons. The van der Waals surface area contributed by atoms with Crippen LogP contribution in [-0.4, -0.2) is 53.1 Å². The molecule has 0 heterocycles. The molecule has 0 aliphatic rings. The Balaban J connectivity index is 2.34. The summed E-state index contributed by atoms with van der Waals surface area (Å²) in [5, 5.41) is 17.7. The van der Waals surface area contributed by atoms with Gasteiger partial charge in [-0.1, -0.05) is 0 Å². The van der Waals surface area contributed by atoms with Crippen LogP contribution in [0.1, 0.15) is 6.42 Å². The quantitative estimate of drug-likeness (QED) is 0.704. The molecule has 19 heavy (non-hydrogen) atoms. The van der Waals surface area contributed by atoms with Crippen molar-refractivity contribution in [3.63, 3.8) is 0 Å². The Morgan fingerprint density at radius 2 is 1.74 bits per heavy atom. The maximum atomic E-state index is 12.7. The van der Waals surface area contributed by atoms with Crippen LogP contribution in [0, 0.1) is 5.82 Å². The van der Waals surface area contributed by atoms with Crippen molar-refractivity contribution in [2.75, 3.05) is 32.1 Å². The molecule has 0 bridgehead atoms. The van der Waals surface area contributed by atoms with Gasteiger partial charge in [0.15, 0.2) is 0 Å². The molecule has 6 heteroatoms. The summed E-state index contributed by atoms with van der Waals surface area (Å²) >= 11 is 1.47. The molecule has 0 aliphatic heterocycles. The molecule has 0 fully saturated rings. The summed E-state index contributed by atoms with van der Waals surface area (Å²) in [4.78, 5) is 14.1. The molecule has 0 radical (unpaired) electrons. The summed E-state index contributed by atoms with van der Waals surface area (Å²) < 4.78 is 12.7. The fourth-order valence-corrected chi connectivity index (χ4v) is 2.39. The summed E-state index contributed by atoms with van der Waals surface area (Å²) in [5.74, 6) is 0.202. The summed E-state index contributed by atoms with van der Waals surface area (Å²) in [6.07, 6.45) is 0.321. The van der Waals surface area contributed by atoms with Gasteiger partial charge < -0.3 is 15.1 Å². The van der Waals surface area contributed by atoms with Crippen molar-refractivity contribution in [3.8, 4) is 0 Å². The van der Waals surface area contributed by atoms with E-state index in [1.165, 1.54) is 28.8 Å². The van der Waals surface area contributed by atoms with Crippen LogP contribution in [0.3, 0.4) is 0 Å². The minimum Gasteiger partial charge on any atom is -0.395 e. The molecular weight excluding hydrogens is 269 g/mol. The number of thioether (sulfide) groups is 1. The Kier molecular flexibility index (Phi) is 7.47. The Bertz CT molecular complexity index is 380. The van der Waals surface area contributed by atoms with E-state index in [-0.39, 0.29) is 38.0 Å². The molecule has 1 rings (SSSR count). The number of rotatable bonds is 8. The molecule has 1 aromatic rings. The van der Waals surface area contributed by atoms with Crippen molar-refractivity contribution in [2.45, 2.75) is 11.3 Å². The highest BCUT2D eigenvalue weighted by Gasteiger charge is 2.11. The van der Waals surface area contributed by atoms with Crippen molar-refractivity contribution >= 4 is 17.7 Å². The topological polar surface area (TPSA) is 60.8 Å². The van der Waals surface area contributed by atoms with E-state index in [2.05, 4.69) is 0 Å². The number of hydrogen-bond donors (Lipinski definition) is 2. The smallest absolute Gasteiger partial charge is 0.223 e.